The molecule has 4 aromatic carbocycles. The van der Waals surface area contributed by atoms with Crippen molar-refractivity contribution in [3.8, 4) is 0 Å². The van der Waals surface area contributed by atoms with Crippen LogP contribution in [0.4, 0.5) is 28.9 Å². The Bertz CT molecular complexity index is 1600. The molecule has 0 aliphatic heterocycles. The van der Waals surface area contributed by atoms with Crippen LogP contribution in [0.15, 0.2) is 121 Å². The first-order chi connectivity index (χ1) is 24.3. The van der Waals surface area contributed by atoms with E-state index in [9.17, 15) is 17.6 Å². The number of nitrogens with one attached hydrogen (secondary N) is 4. The quantitative estimate of drug-likeness (QED) is 0.0623. The van der Waals surface area contributed by atoms with Gasteiger partial charge in [0.2, 0.25) is 0 Å². The van der Waals surface area contributed by atoms with Gasteiger partial charge < -0.3 is 21.3 Å². The second-order valence-electron chi connectivity index (χ2n) is 10.3. The zero-order chi connectivity index (χ0) is 35.8. The van der Waals surface area contributed by atoms with E-state index in [4.69, 9.17) is 24.4 Å². The summed E-state index contributed by atoms with van der Waals surface area (Å²) >= 11 is 10.2. The molecule has 0 heterocycles. The molecule has 4 nitrogen and oxygen atoms in total. The zero-order valence-electron chi connectivity index (χ0n) is 27.6. The van der Waals surface area contributed by atoms with Gasteiger partial charge in [-0.05, 0) is 48.7 Å². The van der Waals surface area contributed by atoms with E-state index in [0.717, 1.165) is 24.2 Å². The minimum absolute atomic E-state index is 0. The molecule has 260 valence electrons. The molecule has 0 fully saturated rings. The van der Waals surface area contributed by atoms with E-state index in [2.05, 4.69) is 45.6 Å². The van der Waals surface area contributed by atoms with Crippen molar-refractivity contribution in [3.05, 3.63) is 180 Å². The van der Waals surface area contributed by atoms with Gasteiger partial charge >= 0.3 is 21.7 Å². The molecule has 0 radical (unpaired) electrons. The standard InChI is InChI=1S/2C15H13F2N2S.2C5H5.Ti/c2*16-12-7-6-11(14(17)10-12)8-9-18-15(20)19-13-4-2-1-3-5-13;2*1-2-4-5-3-1;/h2*1-7H,8-9H2,(H2,18,19,20);2*1-3H,4H2;/q4*-1;+4. The maximum atomic E-state index is 13.3. The predicted molar refractivity (Wildman–Crippen MR) is 202 cm³/mol. The average molecular weight is 761 g/mol. The Kier molecular flexibility index (Phi) is 21.5. The van der Waals surface area contributed by atoms with Gasteiger partial charge in [0, 0.05) is 47.7 Å². The monoisotopic (exact) mass is 760 g/mol. The van der Waals surface area contributed by atoms with Gasteiger partial charge in [-0.15, -0.1) is 48.2 Å². The largest absolute Gasteiger partial charge is 4.00 e. The zero-order valence-corrected chi connectivity index (χ0v) is 30.8. The molecule has 0 unspecified atom stereocenters. The molecule has 0 atom stereocenters. The third-order valence-corrected chi connectivity index (χ3v) is 6.97. The Morgan fingerprint density at radius 1 is 0.569 bits per heavy atom. The summed E-state index contributed by atoms with van der Waals surface area (Å²) in [5.74, 6) is -2.71. The molecule has 4 N–H and O–H groups in total. The van der Waals surface area contributed by atoms with E-state index in [1.54, 1.807) is 0 Å². The number of anilines is 2. The van der Waals surface area contributed by atoms with Crippen LogP contribution in [0.1, 0.15) is 24.0 Å². The van der Waals surface area contributed by atoms with Gasteiger partial charge in [-0.1, -0.05) is 49.2 Å². The molecule has 4 aromatic rings. The van der Waals surface area contributed by atoms with E-state index in [-0.39, 0.29) is 21.7 Å². The molecular formula is C40H36F4N4S2Ti. The first-order valence-corrected chi connectivity index (χ1v) is 16.5. The number of rotatable bonds is 8. The number of hydrogen-bond acceptors (Lipinski definition) is 2. The molecule has 51 heavy (non-hydrogen) atoms. The molecule has 0 saturated carbocycles. The number of allylic oxidation sites excluding steroid dienone is 8. The molecular weight excluding hydrogens is 724 g/mol. The Morgan fingerprint density at radius 3 is 1.25 bits per heavy atom. The summed E-state index contributed by atoms with van der Waals surface area (Å²) in [7, 11) is 0. The normalized spacial score (nSPS) is 11.4. The molecule has 11 heteroatoms. The molecule has 0 amide bonds. The Balaban J connectivity index is 0.000000273. The van der Waals surface area contributed by atoms with E-state index < -0.39 is 23.3 Å². The maximum Gasteiger partial charge on any atom is 4.00 e. The van der Waals surface area contributed by atoms with Crippen molar-refractivity contribution in [1.29, 1.82) is 0 Å². The third kappa shape index (κ3) is 19.0. The number of benzene rings is 4. The van der Waals surface area contributed by atoms with E-state index in [0.29, 0.717) is 47.3 Å². The summed E-state index contributed by atoms with van der Waals surface area (Å²) in [5.41, 5.74) is 2.57. The van der Waals surface area contributed by atoms with Crippen LogP contribution in [-0.2, 0) is 34.6 Å². The third-order valence-electron chi connectivity index (χ3n) is 6.48. The summed E-state index contributed by atoms with van der Waals surface area (Å²) in [6.45, 7) is 0.907. The van der Waals surface area contributed by atoms with Crippen LogP contribution in [-0.4, -0.2) is 23.3 Å². The van der Waals surface area contributed by atoms with Crippen molar-refractivity contribution in [2.24, 2.45) is 0 Å². The van der Waals surface area contributed by atoms with Crippen molar-refractivity contribution in [2.45, 2.75) is 25.7 Å². The fraction of sp³-hybridized carbons (Fsp3) is 0.150. The second-order valence-corrected chi connectivity index (χ2v) is 11.1. The van der Waals surface area contributed by atoms with E-state index in [1.165, 1.54) is 24.3 Å². The Labute approximate surface area is 323 Å². The Hall–Kier alpha value is -4.35. The number of thiocarbonyl (C=S) groups is 2. The summed E-state index contributed by atoms with van der Waals surface area (Å²) in [6.07, 6.45) is 20.8. The first-order valence-electron chi connectivity index (χ1n) is 15.7. The SMILES string of the molecule is Fc1[c-]c(F)c(CCNC(=S)Nc2ccccc2)cc1.Fc1[c-]c(F)c(CCNC(=S)Nc2ccccc2)cc1.[C-]1=CC=CC1.[C-]1=CC=CC1.[Ti+4]. The van der Waals surface area contributed by atoms with Crippen LogP contribution < -0.4 is 21.3 Å². The summed E-state index contributed by atoms with van der Waals surface area (Å²) in [6, 6.07) is 28.2. The van der Waals surface area contributed by atoms with Gasteiger partial charge in [-0.2, -0.15) is 24.3 Å². The van der Waals surface area contributed by atoms with Crippen LogP contribution in [0.2, 0.25) is 0 Å². The molecule has 0 aromatic heterocycles. The van der Waals surface area contributed by atoms with Crippen molar-refractivity contribution in [1.82, 2.24) is 10.6 Å². The van der Waals surface area contributed by atoms with Crippen LogP contribution in [0.3, 0.4) is 0 Å². The fourth-order valence-corrected chi connectivity index (χ4v) is 4.47. The van der Waals surface area contributed by atoms with Crippen LogP contribution in [0, 0.1) is 47.6 Å². The molecule has 2 aliphatic rings. The van der Waals surface area contributed by atoms with E-state index >= 15 is 0 Å². The van der Waals surface area contributed by atoms with Crippen LogP contribution in [0.25, 0.3) is 0 Å². The summed E-state index contributed by atoms with van der Waals surface area (Å²) < 4.78 is 52.1. The summed E-state index contributed by atoms with van der Waals surface area (Å²) in [4.78, 5) is 0. The number of para-hydroxylation sites is 2. The van der Waals surface area contributed by atoms with Crippen molar-refractivity contribution in [2.75, 3.05) is 23.7 Å². The van der Waals surface area contributed by atoms with Crippen LogP contribution >= 0.6 is 24.4 Å². The van der Waals surface area contributed by atoms with Gasteiger partial charge in [0.25, 0.3) is 0 Å². The minimum atomic E-state index is -0.694. The predicted octanol–water partition coefficient (Wildman–Crippen LogP) is 9.20. The van der Waals surface area contributed by atoms with Crippen molar-refractivity contribution >= 4 is 46.0 Å². The van der Waals surface area contributed by atoms with Crippen molar-refractivity contribution < 1.29 is 39.3 Å². The van der Waals surface area contributed by atoms with Gasteiger partial charge in [0.1, 0.15) is 0 Å². The number of halogens is 4. The minimum Gasteiger partial charge on any atom is -0.363 e. The van der Waals surface area contributed by atoms with Gasteiger partial charge in [-0.3, -0.25) is 12.2 Å². The number of hydrogen-bond donors (Lipinski definition) is 4. The summed E-state index contributed by atoms with van der Waals surface area (Å²) in [5, 5.41) is 12.9. The smallest absolute Gasteiger partial charge is 0.363 e. The molecule has 0 bridgehead atoms. The van der Waals surface area contributed by atoms with Gasteiger partial charge in [-0.25, -0.2) is 41.9 Å². The first kappa shape index (κ1) is 42.8. The van der Waals surface area contributed by atoms with Crippen molar-refractivity contribution in [3.63, 3.8) is 0 Å². The van der Waals surface area contributed by atoms with Crippen LogP contribution in [0.5, 0.6) is 0 Å². The topological polar surface area (TPSA) is 48.1 Å². The van der Waals surface area contributed by atoms with Gasteiger partial charge in [0.15, 0.2) is 10.2 Å². The van der Waals surface area contributed by atoms with Gasteiger partial charge in [0.05, 0.1) is 0 Å². The molecule has 6 rings (SSSR count). The molecule has 0 spiro atoms. The second kappa shape index (κ2) is 25.6. The van der Waals surface area contributed by atoms with E-state index in [1.807, 2.05) is 97.1 Å². The molecule has 0 saturated heterocycles. The average Bonchev–Trinajstić information content (AvgIpc) is 3.89. The Morgan fingerprint density at radius 2 is 0.961 bits per heavy atom. The fourth-order valence-electron chi connectivity index (χ4n) is 4.03. The maximum absolute atomic E-state index is 13.3. The molecule has 2 aliphatic carbocycles.